The lowest BCUT2D eigenvalue weighted by molar-refractivity contribution is -0.165. The summed E-state index contributed by atoms with van der Waals surface area (Å²) in [7, 11) is -3.38. The Morgan fingerprint density at radius 3 is 2.40 bits per heavy atom. The third-order valence-electron chi connectivity index (χ3n) is 7.62. The van der Waals surface area contributed by atoms with E-state index in [0.29, 0.717) is 31.6 Å². The fourth-order valence-corrected chi connectivity index (χ4v) is 6.90. The summed E-state index contributed by atoms with van der Waals surface area (Å²) < 4.78 is 69.6. The molecule has 2 aromatic rings. The van der Waals surface area contributed by atoms with Gasteiger partial charge in [0.1, 0.15) is 19.0 Å². The Morgan fingerprint density at radius 2 is 1.77 bits per heavy atom. The van der Waals surface area contributed by atoms with Crippen molar-refractivity contribution >= 4 is 21.6 Å². The molecule has 1 aromatic carbocycles. The summed E-state index contributed by atoms with van der Waals surface area (Å²) in [5.74, 6) is -1.03. The summed E-state index contributed by atoms with van der Waals surface area (Å²) in [6, 6.07) is 6.22. The Morgan fingerprint density at radius 1 is 1.02 bits per heavy atom. The molecule has 0 spiro atoms. The average Bonchev–Trinajstić information content (AvgIpc) is 3.77. The number of hydrogen-bond donors (Lipinski definition) is 1. The first kappa shape index (κ1) is 28.8. The van der Waals surface area contributed by atoms with E-state index >= 15 is 0 Å². The number of benzene rings is 1. The molecule has 1 aliphatic heterocycles. The minimum absolute atomic E-state index is 0.0432. The Labute approximate surface area is 232 Å². The van der Waals surface area contributed by atoms with E-state index in [4.69, 9.17) is 14.2 Å². The molecule has 2 heterocycles. The number of nitrogens with one attached hydrogen (secondary N) is 1. The average molecular weight is 580 g/mol. The number of nitrogens with zero attached hydrogens (tertiary/aromatic N) is 2. The van der Waals surface area contributed by atoms with Crippen molar-refractivity contribution in [1.82, 2.24) is 9.97 Å². The van der Waals surface area contributed by atoms with Gasteiger partial charge >= 0.3 is 0 Å². The van der Waals surface area contributed by atoms with Gasteiger partial charge in [-0.1, -0.05) is 12.1 Å². The molecule has 0 bridgehead atoms. The van der Waals surface area contributed by atoms with Crippen molar-refractivity contribution in [3.05, 3.63) is 42.2 Å². The van der Waals surface area contributed by atoms with Crippen LogP contribution >= 0.6 is 0 Å². The minimum atomic E-state index is -3.38. The van der Waals surface area contributed by atoms with Gasteiger partial charge in [-0.05, 0) is 75.0 Å². The van der Waals surface area contributed by atoms with Gasteiger partial charge in [-0.25, -0.2) is 27.2 Å². The van der Waals surface area contributed by atoms with E-state index in [1.807, 2.05) is 0 Å². The Kier molecular flexibility index (Phi) is 9.27. The molecule has 218 valence electrons. The van der Waals surface area contributed by atoms with E-state index < -0.39 is 34.0 Å². The van der Waals surface area contributed by atoms with Crippen molar-refractivity contribution in [3.8, 4) is 5.88 Å². The highest BCUT2D eigenvalue weighted by molar-refractivity contribution is 7.92. The molecule has 1 unspecified atom stereocenters. The second-order valence-corrected chi connectivity index (χ2v) is 12.9. The normalized spacial score (nSPS) is 25.9. The van der Waals surface area contributed by atoms with Crippen LogP contribution < -0.4 is 10.1 Å². The van der Waals surface area contributed by atoms with Gasteiger partial charge in [0.2, 0.25) is 11.8 Å². The first-order valence-electron chi connectivity index (χ1n) is 13.9. The smallest absolute Gasteiger partial charge is 0.233 e. The van der Waals surface area contributed by atoms with Crippen LogP contribution in [0.15, 0.2) is 41.6 Å². The predicted octanol–water partition coefficient (Wildman–Crippen LogP) is 4.53. The highest BCUT2D eigenvalue weighted by atomic mass is 32.2. The molecule has 5 atom stereocenters. The Balaban J connectivity index is 1.20. The fraction of sp³-hybridized carbons (Fsp3) is 0.607. The van der Waals surface area contributed by atoms with Gasteiger partial charge in [0.05, 0.1) is 35.1 Å². The molecule has 2 aliphatic carbocycles. The maximum atomic E-state index is 13.9. The SMILES string of the molecule is O=C(Nc1cnc(OCCO[C@@H]2CCCCO2)cn1)C(C[C@H]1C[C@@H](F)[C@@H](F)C1)c1ccc(S(=O)(=O)C2CC2)cc1. The largest absolute Gasteiger partial charge is 0.474 e. The summed E-state index contributed by atoms with van der Waals surface area (Å²) in [5, 5.41) is 2.39. The quantitative estimate of drug-likeness (QED) is 0.365. The van der Waals surface area contributed by atoms with Crippen LogP contribution in [-0.2, 0) is 24.1 Å². The molecule has 9 nitrogen and oxygen atoms in total. The molecule has 1 N–H and O–H groups in total. The first-order chi connectivity index (χ1) is 19.3. The van der Waals surface area contributed by atoms with E-state index in [-0.39, 0.29) is 59.9 Å². The zero-order valence-corrected chi connectivity index (χ0v) is 23.0. The van der Waals surface area contributed by atoms with Crippen molar-refractivity contribution in [2.45, 2.75) is 86.1 Å². The highest BCUT2D eigenvalue weighted by Gasteiger charge is 2.38. The predicted molar refractivity (Wildman–Crippen MR) is 142 cm³/mol. The van der Waals surface area contributed by atoms with Crippen LogP contribution in [0, 0.1) is 5.92 Å². The number of sulfone groups is 1. The van der Waals surface area contributed by atoms with Crippen LogP contribution in [0.5, 0.6) is 5.88 Å². The van der Waals surface area contributed by atoms with Crippen LogP contribution in [0.1, 0.15) is 62.8 Å². The van der Waals surface area contributed by atoms with E-state index in [2.05, 4.69) is 15.3 Å². The number of alkyl halides is 2. The number of carbonyl (C=O) groups is 1. The lowest BCUT2D eigenvalue weighted by Crippen LogP contribution is -2.24. The molecule has 1 aromatic heterocycles. The third-order valence-corrected chi connectivity index (χ3v) is 9.90. The van der Waals surface area contributed by atoms with E-state index in [9.17, 15) is 22.0 Å². The van der Waals surface area contributed by atoms with Gasteiger partial charge < -0.3 is 19.5 Å². The lowest BCUT2D eigenvalue weighted by Gasteiger charge is -2.22. The first-order valence-corrected chi connectivity index (χ1v) is 15.4. The maximum absolute atomic E-state index is 13.9. The van der Waals surface area contributed by atoms with Gasteiger partial charge in [0.25, 0.3) is 0 Å². The number of rotatable bonds is 12. The molecule has 5 rings (SSSR count). The fourth-order valence-electron chi connectivity index (χ4n) is 5.25. The van der Waals surface area contributed by atoms with Crippen molar-refractivity contribution in [2.24, 2.45) is 5.92 Å². The number of amides is 1. The highest BCUT2D eigenvalue weighted by Crippen LogP contribution is 2.39. The van der Waals surface area contributed by atoms with E-state index in [0.717, 1.165) is 19.3 Å². The second-order valence-electron chi connectivity index (χ2n) is 10.7. The van der Waals surface area contributed by atoms with Crippen LogP contribution in [-0.4, -0.2) is 68.0 Å². The van der Waals surface area contributed by atoms with E-state index in [1.54, 1.807) is 12.1 Å². The molecule has 40 heavy (non-hydrogen) atoms. The standard InChI is InChI=1S/C28H35F2N3O6S/c29-23-14-18(15-24(23)30)13-22(19-4-6-20(7-5-19)40(35,36)21-8-9-21)28(34)33-25-16-32-26(17-31-25)37-11-12-39-27-3-1-2-10-38-27/h4-7,16-18,21-24,27H,1-3,8-15H2,(H,31,33,34)/t18-,22?,23+,24-,27-/m1/s1. The van der Waals surface area contributed by atoms with Crippen LogP contribution in [0.3, 0.4) is 0 Å². The topological polar surface area (TPSA) is 117 Å². The molecule has 3 aliphatic rings. The van der Waals surface area contributed by atoms with Crippen molar-refractivity contribution in [1.29, 1.82) is 0 Å². The summed E-state index contributed by atoms with van der Waals surface area (Å²) in [5.41, 5.74) is 0.569. The van der Waals surface area contributed by atoms with Crippen molar-refractivity contribution < 1.29 is 36.2 Å². The van der Waals surface area contributed by atoms with Gasteiger partial charge in [-0.15, -0.1) is 0 Å². The van der Waals surface area contributed by atoms with Gasteiger partial charge in [0, 0.05) is 6.61 Å². The van der Waals surface area contributed by atoms with Gasteiger partial charge in [0.15, 0.2) is 21.9 Å². The van der Waals surface area contributed by atoms with Crippen LogP contribution in [0.25, 0.3) is 0 Å². The lowest BCUT2D eigenvalue weighted by atomic mass is 9.87. The van der Waals surface area contributed by atoms with Crippen molar-refractivity contribution in [3.63, 3.8) is 0 Å². The minimum Gasteiger partial charge on any atom is -0.474 e. The molecule has 0 radical (unpaired) electrons. The maximum Gasteiger partial charge on any atom is 0.233 e. The Hall–Kier alpha value is -2.70. The monoisotopic (exact) mass is 579 g/mol. The van der Waals surface area contributed by atoms with E-state index in [1.165, 1.54) is 24.5 Å². The third kappa shape index (κ3) is 7.32. The number of aromatic nitrogens is 2. The number of halogens is 2. The molecule has 2 saturated carbocycles. The second kappa shape index (κ2) is 12.9. The molecule has 3 fully saturated rings. The zero-order chi connectivity index (χ0) is 28.1. The number of carbonyl (C=O) groups excluding carboxylic acids is 1. The molecule has 12 heteroatoms. The molecular weight excluding hydrogens is 544 g/mol. The van der Waals surface area contributed by atoms with Gasteiger partial charge in [-0.3, -0.25) is 4.79 Å². The summed E-state index contributed by atoms with van der Waals surface area (Å²) in [6.45, 7) is 1.31. The van der Waals surface area contributed by atoms with Crippen molar-refractivity contribution in [2.75, 3.05) is 25.1 Å². The summed E-state index contributed by atoms with van der Waals surface area (Å²) in [6.07, 6.45) is 4.06. The molecule has 1 amide bonds. The number of hydrogen-bond acceptors (Lipinski definition) is 8. The number of ether oxygens (including phenoxy) is 3. The Bertz CT molecular complexity index is 1230. The zero-order valence-electron chi connectivity index (χ0n) is 22.2. The van der Waals surface area contributed by atoms with Crippen LogP contribution in [0.2, 0.25) is 0 Å². The van der Waals surface area contributed by atoms with Crippen LogP contribution in [0.4, 0.5) is 14.6 Å². The summed E-state index contributed by atoms with van der Waals surface area (Å²) in [4.78, 5) is 22.0. The molecular formula is C28H35F2N3O6S. The molecule has 1 saturated heterocycles. The van der Waals surface area contributed by atoms with Gasteiger partial charge in [-0.2, -0.15) is 0 Å². The summed E-state index contributed by atoms with van der Waals surface area (Å²) >= 11 is 0. The number of anilines is 1.